The second-order valence-corrected chi connectivity index (χ2v) is 9.13. The molecule has 1 aliphatic heterocycles. The fourth-order valence-electron chi connectivity index (χ4n) is 3.61. The minimum atomic E-state index is -0.949. The van der Waals surface area contributed by atoms with Gasteiger partial charge in [0.15, 0.2) is 0 Å². The molecule has 0 aromatic heterocycles. The van der Waals surface area contributed by atoms with Crippen LogP contribution in [0.3, 0.4) is 0 Å². The van der Waals surface area contributed by atoms with E-state index in [0.717, 1.165) is 0 Å². The van der Waals surface area contributed by atoms with Crippen LogP contribution in [0.1, 0.15) is 46.1 Å². The summed E-state index contributed by atoms with van der Waals surface area (Å²) >= 11 is 0. The molecule has 0 spiro atoms. The summed E-state index contributed by atoms with van der Waals surface area (Å²) < 4.78 is 0. The number of nitrogens with one attached hydrogen (secondary N) is 3. The highest BCUT2D eigenvalue weighted by atomic mass is 16.3. The molecule has 0 bridgehead atoms. The van der Waals surface area contributed by atoms with E-state index >= 15 is 0 Å². The monoisotopic (exact) mass is 460 g/mol. The number of carbonyl (C=O) groups is 3. The predicted molar refractivity (Wildman–Crippen MR) is 125 cm³/mol. The van der Waals surface area contributed by atoms with Gasteiger partial charge in [-0.05, 0) is 36.5 Å². The van der Waals surface area contributed by atoms with Gasteiger partial charge in [0.1, 0.15) is 23.6 Å². The number of rotatable bonds is 9. The van der Waals surface area contributed by atoms with Crippen LogP contribution in [-0.4, -0.2) is 57.6 Å². The molecule has 2 rings (SSSR count). The molecule has 1 aromatic carbocycles. The van der Waals surface area contributed by atoms with Crippen LogP contribution in [0.15, 0.2) is 36.6 Å². The quantitative estimate of drug-likeness (QED) is 0.357. The van der Waals surface area contributed by atoms with Gasteiger partial charge < -0.3 is 20.8 Å². The van der Waals surface area contributed by atoms with E-state index in [0.29, 0.717) is 24.9 Å². The van der Waals surface area contributed by atoms with Crippen molar-refractivity contribution in [2.24, 2.45) is 11.8 Å². The standard InChI is InChI=1S/C24H36N4O5/c1-14(2)21(26-22(31)15(3)4)23(32)25-20(13-17-8-6-9-18(30)12-17)24(33)28-11-7-10-19(27-28)16(5)29/h6,8-9,12,14-15,19-21,27,29-30H,5,7,10-11,13H2,1-4H3,(H,25,32)(H,26,31)/t19?,20-,21-/m0/s1. The highest BCUT2D eigenvalue weighted by molar-refractivity contribution is 5.92. The number of aliphatic hydroxyl groups excluding tert-OH is 1. The molecule has 1 aromatic rings. The lowest BCUT2D eigenvalue weighted by atomic mass is 9.99. The van der Waals surface area contributed by atoms with Gasteiger partial charge in [0.2, 0.25) is 11.8 Å². The first-order valence-corrected chi connectivity index (χ1v) is 11.3. The number of carbonyl (C=O) groups excluding carboxylic acids is 3. The van der Waals surface area contributed by atoms with Gasteiger partial charge >= 0.3 is 0 Å². The highest BCUT2D eigenvalue weighted by Crippen LogP contribution is 2.17. The summed E-state index contributed by atoms with van der Waals surface area (Å²) in [4.78, 5) is 38.8. The molecule has 3 amide bonds. The van der Waals surface area contributed by atoms with Gasteiger partial charge in [-0.1, -0.05) is 46.4 Å². The van der Waals surface area contributed by atoms with Crippen molar-refractivity contribution in [3.05, 3.63) is 42.2 Å². The van der Waals surface area contributed by atoms with Crippen molar-refractivity contribution >= 4 is 17.7 Å². The number of hydrogen-bond acceptors (Lipinski definition) is 6. The minimum absolute atomic E-state index is 0.0574. The molecule has 1 saturated heterocycles. The Morgan fingerprint density at radius 2 is 1.88 bits per heavy atom. The number of benzene rings is 1. The topological polar surface area (TPSA) is 131 Å². The number of phenolic OH excluding ortho intramolecular Hbond substituents is 1. The van der Waals surface area contributed by atoms with Crippen molar-refractivity contribution in [2.45, 2.75) is 65.1 Å². The Hall–Kier alpha value is -3.07. The van der Waals surface area contributed by atoms with Gasteiger partial charge in [-0.25, -0.2) is 5.43 Å². The van der Waals surface area contributed by atoms with Crippen LogP contribution >= 0.6 is 0 Å². The second kappa shape index (κ2) is 11.7. The lowest BCUT2D eigenvalue weighted by Gasteiger charge is -2.36. The summed E-state index contributed by atoms with van der Waals surface area (Å²) in [6, 6.07) is 4.28. The Bertz CT molecular complexity index is 870. The van der Waals surface area contributed by atoms with E-state index in [4.69, 9.17) is 0 Å². The van der Waals surface area contributed by atoms with E-state index in [1.807, 2.05) is 13.8 Å². The van der Waals surface area contributed by atoms with Crippen LogP contribution in [0.5, 0.6) is 5.75 Å². The maximum atomic E-state index is 13.4. The number of hydrazine groups is 1. The van der Waals surface area contributed by atoms with Crippen molar-refractivity contribution < 1.29 is 24.6 Å². The van der Waals surface area contributed by atoms with E-state index in [9.17, 15) is 24.6 Å². The first-order chi connectivity index (χ1) is 15.5. The molecule has 9 heteroatoms. The molecule has 0 radical (unpaired) electrons. The van der Waals surface area contributed by atoms with Crippen LogP contribution in [0, 0.1) is 11.8 Å². The summed E-state index contributed by atoms with van der Waals surface area (Å²) in [7, 11) is 0. The fraction of sp³-hybridized carbons (Fsp3) is 0.542. The Morgan fingerprint density at radius 1 is 1.18 bits per heavy atom. The van der Waals surface area contributed by atoms with Crippen molar-refractivity contribution in [3.8, 4) is 5.75 Å². The van der Waals surface area contributed by atoms with E-state index in [1.165, 1.54) is 17.1 Å². The van der Waals surface area contributed by atoms with Crippen LogP contribution in [0.2, 0.25) is 0 Å². The molecule has 182 valence electrons. The third-order valence-corrected chi connectivity index (χ3v) is 5.59. The van der Waals surface area contributed by atoms with Gasteiger partial charge in [0, 0.05) is 18.9 Å². The molecular weight excluding hydrogens is 424 g/mol. The predicted octanol–water partition coefficient (Wildman–Crippen LogP) is 1.78. The Morgan fingerprint density at radius 3 is 2.45 bits per heavy atom. The molecule has 1 heterocycles. The van der Waals surface area contributed by atoms with Crippen molar-refractivity contribution in [2.75, 3.05) is 6.54 Å². The van der Waals surface area contributed by atoms with Gasteiger partial charge in [-0.15, -0.1) is 0 Å². The number of aliphatic hydroxyl groups is 1. The molecule has 0 saturated carbocycles. The van der Waals surface area contributed by atoms with Crippen LogP contribution in [0.25, 0.3) is 0 Å². The van der Waals surface area contributed by atoms with Crippen molar-refractivity contribution in [1.82, 2.24) is 21.1 Å². The van der Waals surface area contributed by atoms with Gasteiger partial charge in [0.25, 0.3) is 5.91 Å². The second-order valence-electron chi connectivity index (χ2n) is 9.13. The number of hydrogen-bond donors (Lipinski definition) is 5. The SMILES string of the molecule is C=C(O)C1CCCN(C(=O)[C@H](Cc2cccc(O)c2)NC(=O)[C@@H](NC(=O)C(C)C)C(C)C)N1. The number of phenols is 1. The first-order valence-electron chi connectivity index (χ1n) is 11.3. The molecule has 1 fully saturated rings. The zero-order valence-corrected chi connectivity index (χ0v) is 19.8. The lowest BCUT2D eigenvalue weighted by Crippen LogP contribution is -2.61. The molecule has 0 aliphatic carbocycles. The third kappa shape index (κ3) is 7.49. The van der Waals surface area contributed by atoms with Crippen molar-refractivity contribution in [3.63, 3.8) is 0 Å². The number of amides is 3. The van der Waals surface area contributed by atoms with Crippen molar-refractivity contribution in [1.29, 1.82) is 0 Å². The number of aromatic hydroxyl groups is 1. The van der Waals surface area contributed by atoms with Gasteiger partial charge in [-0.2, -0.15) is 0 Å². The van der Waals surface area contributed by atoms with Gasteiger partial charge in [-0.3, -0.25) is 19.4 Å². The molecule has 5 N–H and O–H groups in total. The normalized spacial score (nSPS) is 18.0. The van der Waals surface area contributed by atoms with Crippen LogP contribution < -0.4 is 16.1 Å². The molecule has 1 unspecified atom stereocenters. The van der Waals surface area contributed by atoms with Crippen LogP contribution in [-0.2, 0) is 20.8 Å². The molecule has 33 heavy (non-hydrogen) atoms. The summed E-state index contributed by atoms with van der Waals surface area (Å²) in [5.41, 5.74) is 3.63. The minimum Gasteiger partial charge on any atom is -0.511 e. The molecular formula is C24H36N4O5. The molecule has 1 aliphatic rings. The summed E-state index contributed by atoms with van der Waals surface area (Å²) in [5.74, 6) is -1.57. The summed E-state index contributed by atoms with van der Waals surface area (Å²) in [6.07, 6.45) is 1.44. The Labute approximate surface area is 195 Å². The molecule has 9 nitrogen and oxygen atoms in total. The smallest absolute Gasteiger partial charge is 0.259 e. The maximum absolute atomic E-state index is 13.4. The van der Waals surface area contributed by atoms with E-state index in [2.05, 4.69) is 22.6 Å². The first kappa shape index (κ1) is 26.2. The van der Waals surface area contributed by atoms with Gasteiger partial charge in [0.05, 0.1) is 6.04 Å². The maximum Gasteiger partial charge on any atom is 0.259 e. The fourth-order valence-corrected chi connectivity index (χ4v) is 3.61. The Kier molecular flexibility index (Phi) is 9.28. The highest BCUT2D eigenvalue weighted by Gasteiger charge is 2.33. The molecule has 3 atom stereocenters. The largest absolute Gasteiger partial charge is 0.511 e. The summed E-state index contributed by atoms with van der Waals surface area (Å²) in [6.45, 7) is 11.1. The van der Waals surface area contributed by atoms with E-state index in [1.54, 1.807) is 26.0 Å². The third-order valence-electron chi connectivity index (χ3n) is 5.59. The zero-order valence-electron chi connectivity index (χ0n) is 19.8. The average Bonchev–Trinajstić information content (AvgIpc) is 2.75. The Balaban J connectivity index is 2.25. The van der Waals surface area contributed by atoms with E-state index < -0.39 is 24.0 Å². The lowest BCUT2D eigenvalue weighted by molar-refractivity contribution is -0.142. The summed E-state index contributed by atoms with van der Waals surface area (Å²) in [5, 5.41) is 26.5. The average molecular weight is 461 g/mol. The van der Waals surface area contributed by atoms with Crippen LogP contribution in [0.4, 0.5) is 0 Å². The number of nitrogens with zero attached hydrogens (tertiary/aromatic N) is 1. The van der Waals surface area contributed by atoms with E-state index in [-0.39, 0.29) is 41.6 Å². The zero-order chi connectivity index (χ0) is 24.7.